The molecule has 254 valence electrons. The smallest absolute Gasteiger partial charge is 0.396 e. The quantitative estimate of drug-likeness (QED) is 0.131. The number of aliphatic hydroxyl groups excluding tert-OH is 2. The molecule has 0 heterocycles. The van der Waals surface area contributed by atoms with Gasteiger partial charge in [-0.3, -0.25) is 0 Å². The van der Waals surface area contributed by atoms with Crippen molar-refractivity contribution < 1.29 is 73.1 Å². The molecule has 2 unspecified atom stereocenters. The first-order valence-electron chi connectivity index (χ1n) is 9.66. The number of hydrogen-bond donors (Lipinski definition) is 2. The molecule has 0 spiro atoms. The van der Waals surface area contributed by atoms with Crippen molar-refractivity contribution in [3.8, 4) is 0 Å². The molecule has 0 saturated carbocycles. The summed E-state index contributed by atoms with van der Waals surface area (Å²) in [5, 5.41) is 18.7. The number of halogens is 10. The van der Waals surface area contributed by atoms with E-state index in [9.17, 15) is 54.1 Å². The first-order chi connectivity index (χ1) is 15.2. The average molecular weight is 627 g/mol. The molecule has 0 bridgehead atoms. The first kappa shape index (κ1) is 55.0. The molecule has 2 atom stereocenters. The second-order valence-electron chi connectivity index (χ2n) is 8.43. The number of aliphatic hydroxyl groups is 2. The lowest BCUT2D eigenvalue weighted by molar-refractivity contribution is -0.299. The van der Waals surface area contributed by atoms with Crippen LogP contribution in [0, 0.1) is 10.8 Å². The molecule has 16 heteroatoms. The fraction of sp³-hybridized carbons (Fsp3) is 1.00. The van der Waals surface area contributed by atoms with Crippen LogP contribution in [0.4, 0.5) is 43.9 Å². The normalized spacial score (nSPS) is 14.8. The summed E-state index contributed by atoms with van der Waals surface area (Å²) >= 11 is 0. The Hall–Kier alpha value is -0.940. The van der Waals surface area contributed by atoms with E-state index < -0.39 is 74.7 Å². The zero-order chi connectivity index (χ0) is 26.9. The predicted molar refractivity (Wildman–Crippen MR) is 136 cm³/mol. The first-order valence-corrected chi connectivity index (χ1v) is 9.66. The molecule has 40 heavy (non-hydrogen) atoms. The van der Waals surface area contributed by atoms with E-state index in [-0.39, 0.29) is 71.0 Å². The molecule has 0 amide bonds. The second-order valence-corrected chi connectivity index (χ2v) is 8.43. The molecule has 0 radical (unpaired) electrons. The minimum atomic E-state index is -5.79. The maximum atomic E-state index is 12.8. The monoisotopic (exact) mass is 626 g/mol. The van der Waals surface area contributed by atoms with Crippen LogP contribution in [0.25, 0.3) is 0 Å². The van der Waals surface area contributed by atoms with Gasteiger partial charge in [-0.05, 0) is 0 Å². The number of hydrogen-bond acceptors (Lipinski definition) is 6. The van der Waals surface area contributed by atoms with E-state index in [1.807, 2.05) is 0 Å². The van der Waals surface area contributed by atoms with Gasteiger partial charge in [0.05, 0.1) is 52.9 Å². The highest BCUT2D eigenvalue weighted by atomic mass is 19.4. The maximum Gasteiger partial charge on any atom is 0.455 e. The van der Waals surface area contributed by atoms with Crippen molar-refractivity contribution in [2.24, 2.45) is 10.8 Å². The molecule has 0 aliphatic rings. The standard InChI is InChI=1S/C18H28F10O6.6CH4/c1-13(5-29,9-33-11-15(19,20)17(23,24)25)7-31-3-4-32-8-14(2,6-30)10-34-12-16(21,22)18(26,27)28;;;;;;/h29-30H,3-12H2,1-2H3;6*1H4. The fourth-order valence-electron chi connectivity index (χ4n) is 2.04. The zero-order valence-corrected chi connectivity index (χ0v) is 18.4. The van der Waals surface area contributed by atoms with Crippen molar-refractivity contribution in [1.82, 2.24) is 0 Å². The van der Waals surface area contributed by atoms with E-state index in [0.29, 0.717) is 0 Å². The van der Waals surface area contributed by atoms with Gasteiger partial charge in [0.1, 0.15) is 13.2 Å². The zero-order valence-electron chi connectivity index (χ0n) is 18.4. The third kappa shape index (κ3) is 19.2. The van der Waals surface area contributed by atoms with Gasteiger partial charge in [-0.1, -0.05) is 58.4 Å². The lowest BCUT2D eigenvalue weighted by atomic mass is 9.94. The molecule has 0 saturated heterocycles. The highest BCUT2D eigenvalue weighted by Crippen LogP contribution is 2.36. The van der Waals surface area contributed by atoms with Gasteiger partial charge in [-0.15, -0.1) is 0 Å². The third-order valence-electron chi connectivity index (χ3n) is 4.33. The van der Waals surface area contributed by atoms with E-state index in [1.54, 1.807) is 0 Å². The van der Waals surface area contributed by atoms with Crippen molar-refractivity contribution >= 4 is 0 Å². The van der Waals surface area contributed by atoms with Gasteiger partial charge in [-0.25, -0.2) is 0 Å². The highest BCUT2D eigenvalue weighted by molar-refractivity contribution is 4.79. The van der Waals surface area contributed by atoms with Gasteiger partial charge in [0.25, 0.3) is 0 Å². The topological polar surface area (TPSA) is 77.4 Å². The Morgan fingerprint density at radius 2 is 0.650 bits per heavy atom. The molecular weight excluding hydrogens is 574 g/mol. The predicted octanol–water partition coefficient (Wildman–Crippen LogP) is 7.26. The van der Waals surface area contributed by atoms with Gasteiger partial charge in [0.2, 0.25) is 0 Å². The van der Waals surface area contributed by atoms with Crippen molar-refractivity contribution in [1.29, 1.82) is 0 Å². The maximum absolute atomic E-state index is 12.8. The Balaban J connectivity index is -0.000000363. The van der Waals surface area contributed by atoms with Crippen LogP contribution < -0.4 is 0 Å². The summed E-state index contributed by atoms with van der Waals surface area (Å²) < 4.78 is 143. The van der Waals surface area contributed by atoms with Crippen LogP contribution in [-0.2, 0) is 18.9 Å². The molecule has 0 aliphatic carbocycles. The minimum Gasteiger partial charge on any atom is -0.396 e. The Labute approximate surface area is 233 Å². The number of ether oxygens (including phenoxy) is 4. The Bertz CT molecular complexity index is 541. The summed E-state index contributed by atoms with van der Waals surface area (Å²) in [6.07, 6.45) is -11.6. The fourth-order valence-corrected chi connectivity index (χ4v) is 2.04. The SMILES string of the molecule is C.C.C.C.C.C.CC(CO)(COCCOCC(C)(CO)COCC(F)(F)C(F)(F)F)COCC(F)(F)C(F)(F)F. The lowest BCUT2D eigenvalue weighted by Gasteiger charge is -2.29. The Morgan fingerprint density at radius 3 is 0.850 bits per heavy atom. The molecule has 2 N–H and O–H groups in total. The molecule has 6 nitrogen and oxygen atoms in total. The third-order valence-corrected chi connectivity index (χ3v) is 4.33. The van der Waals surface area contributed by atoms with E-state index in [2.05, 4.69) is 9.47 Å². The lowest BCUT2D eigenvalue weighted by Crippen LogP contribution is -2.43. The summed E-state index contributed by atoms with van der Waals surface area (Å²) in [6, 6.07) is 0. The molecule has 0 aromatic carbocycles. The van der Waals surface area contributed by atoms with Crippen LogP contribution in [-0.4, -0.2) is 100 Å². The Morgan fingerprint density at radius 1 is 0.425 bits per heavy atom. The van der Waals surface area contributed by atoms with Crippen molar-refractivity contribution in [3.63, 3.8) is 0 Å². The summed E-state index contributed by atoms with van der Waals surface area (Å²) in [4.78, 5) is 0. The summed E-state index contributed by atoms with van der Waals surface area (Å²) in [5.74, 6) is -10.1. The second kappa shape index (κ2) is 21.7. The minimum absolute atomic E-state index is 0. The molecule has 0 fully saturated rings. The largest absolute Gasteiger partial charge is 0.455 e. The van der Waals surface area contributed by atoms with Gasteiger partial charge >= 0.3 is 24.2 Å². The van der Waals surface area contributed by atoms with E-state index >= 15 is 0 Å². The molecule has 0 aromatic heterocycles. The Kier molecular flexibility index (Phi) is 29.9. The van der Waals surface area contributed by atoms with Crippen LogP contribution in [0.1, 0.15) is 58.4 Å². The van der Waals surface area contributed by atoms with Gasteiger partial charge in [0, 0.05) is 10.8 Å². The van der Waals surface area contributed by atoms with Crippen molar-refractivity contribution in [2.75, 3.05) is 66.1 Å². The summed E-state index contributed by atoms with van der Waals surface area (Å²) in [5.41, 5.74) is -2.64. The number of rotatable bonds is 17. The average Bonchev–Trinajstić information content (AvgIpc) is 2.68. The van der Waals surface area contributed by atoms with Crippen LogP contribution in [0.3, 0.4) is 0 Å². The van der Waals surface area contributed by atoms with Crippen LogP contribution >= 0.6 is 0 Å². The molecule has 0 aromatic rings. The summed E-state index contributed by atoms with van der Waals surface area (Å²) in [6.45, 7) is -4.98. The van der Waals surface area contributed by atoms with Gasteiger partial charge < -0.3 is 29.2 Å². The molecular formula is C24H52F10O6. The summed E-state index contributed by atoms with van der Waals surface area (Å²) in [7, 11) is 0. The van der Waals surface area contributed by atoms with E-state index in [0.717, 1.165) is 0 Å². The van der Waals surface area contributed by atoms with Gasteiger partial charge in [-0.2, -0.15) is 43.9 Å². The van der Waals surface area contributed by atoms with Crippen molar-refractivity contribution in [3.05, 3.63) is 0 Å². The van der Waals surface area contributed by atoms with Crippen LogP contribution in [0.2, 0.25) is 0 Å². The highest BCUT2D eigenvalue weighted by Gasteiger charge is 2.58. The van der Waals surface area contributed by atoms with Gasteiger partial charge in [0.15, 0.2) is 0 Å². The molecule has 0 aliphatic heterocycles. The molecule has 0 rings (SSSR count). The van der Waals surface area contributed by atoms with E-state index in [1.165, 1.54) is 13.8 Å². The van der Waals surface area contributed by atoms with Crippen LogP contribution in [0.15, 0.2) is 0 Å². The van der Waals surface area contributed by atoms with E-state index in [4.69, 9.17) is 9.47 Å². The van der Waals surface area contributed by atoms with Crippen LogP contribution in [0.5, 0.6) is 0 Å². The van der Waals surface area contributed by atoms with Crippen molar-refractivity contribution in [2.45, 2.75) is 82.6 Å². The number of alkyl halides is 10.